The van der Waals surface area contributed by atoms with Gasteiger partial charge in [-0.25, -0.2) is 5.84 Å². The van der Waals surface area contributed by atoms with Crippen molar-refractivity contribution in [2.24, 2.45) is 5.84 Å². The number of phenols is 1. The fourth-order valence-corrected chi connectivity index (χ4v) is 2.46. The molecule has 2 aromatic rings. The van der Waals surface area contributed by atoms with Crippen molar-refractivity contribution in [2.45, 2.75) is 6.54 Å². The molecular weight excluding hydrogens is 334 g/mol. The van der Waals surface area contributed by atoms with Gasteiger partial charge in [0.05, 0.1) is 0 Å². The largest absolute Gasteiger partial charge is 0.508 e. The van der Waals surface area contributed by atoms with Crippen LogP contribution in [0.3, 0.4) is 0 Å². The number of hydrazine groups is 1. The first kappa shape index (κ1) is 15.3. The van der Waals surface area contributed by atoms with Gasteiger partial charge >= 0.3 is 0 Å². The molecule has 21 heavy (non-hydrogen) atoms. The Morgan fingerprint density at radius 3 is 2.52 bits per heavy atom. The van der Waals surface area contributed by atoms with Crippen LogP contribution in [0.15, 0.2) is 46.9 Å². The van der Waals surface area contributed by atoms with E-state index in [9.17, 15) is 9.90 Å². The lowest BCUT2D eigenvalue weighted by Crippen LogP contribution is -2.30. The van der Waals surface area contributed by atoms with Crippen LogP contribution in [0.1, 0.15) is 15.9 Å². The van der Waals surface area contributed by atoms with Gasteiger partial charge in [0.2, 0.25) is 0 Å². The van der Waals surface area contributed by atoms with Gasteiger partial charge in [-0.1, -0.05) is 22.0 Å². The Morgan fingerprint density at radius 1 is 1.29 bits per heavy atom. The van der Waals surface area contributed by atoms with Crippen LogP contribution >= 0.6 is 15.9 Å². The molecule has 0 fully saturated rings. The number of nitrogen functional groups attached to an aromatic ring is 1. The Bertz CT molecular complexity index is 644. The molecule has 6 heteroatoms. The second-order valence-electron chi connectivity index (χ2n) is 4.65. The van der Waals surface area contributed by atoms with Crippen LogP contribution in [-0.2, 0) is 6.54 Å². The summed E-state index contributed by atoms with van der Waals surface area (Å²) >= 11 is 3.47. The zero-order chi connectivity index (χ0) is 15.4. The summed E-state index contributed by atoms with van der Waals surface area (Å²) in [5, 5.41) is 9.30. The Morgan fingerprint density at radius 2 is 1.95 bits per heavy atom. The van der Waals surface area contributed by atoms with Crippen molar-refractivity contribution >= 4 is 27.5 Å². The minimum atomic E-state index is -0.325. The van der Waals surface area contributed by atoms with Crippen LogP contribution in [0.25, 0.3) is 0 Å². The standard InChI is InChI=1S/C15H16BrN3O2/c1-19(12-4-6-13(20)7-5-12)9-11-3-2-10(8-14(11)16)15(21)18-17/h2-8,20H,9,17H2,1H3,(H,18,21). The summed E-state index contributed by atoms with van der Waals surface area (Å²) in [4.78, 5) is 13.5. The van der Waals surface area contributed by atoms with E-state index in [-0.39, 0.29) is 11.7 Å². The minimum Gasteiger partial charge on any atom is -0.508 e. The maximum Gasteiger partial charge on any atom is 0.265 e. The van der Waals surface area contributed by atoms with E-state index in [2.05, 4.69) is 21.4 Å². The van der Waals surface area contributed by atoms with Gasteiger partial charge in [-0.15, -0.1) is 0 Å². The summed E-state index contributed by atoms with van der Waals surface area (Å²) in [7, 11) is 1.96. The molecule has 0 heterocycles. The molecule has 5 nitrogen and oxygen atoms in total. The average Bonchev–Trinajstić information content (AvgIpc) is 2.49. The fraction of sp³-hybridized carbons (Fsp3) is 0.133. The first-order chi connectivity index (χ1) is 10.0. The Kier molecular flexibility index (Phi) is 4.82. The van der Waals surface area contributed by atoms with E-state index in [4.69, 9.17) is 5.84 Å². The monoisotopic (exact) mass is 349 g/mol. The number of phenolic OH excluding ortho intramolecular Hbond substituents is 1. The lowest BCUT2D eigenvalue weighted by atomic mass is 10.1. The molecule has 0 aliphatic heterocycles. The minimum absolute atomic E-state index is 0.241. The highest BCUT2D eigenvalue weighted by molar-refractivity contribution is 9.10. The van der Waals surface area contributed by atoms with Crippen LogP contribution in [0, 0.1) is 0 Å². The van der Waals surface area contributed by atoms with Gasteiger partial charge in [0.25, 0.3) is 5.91 Å². The van der Waals surface area contributed by atoms with Crippen molar-refractivity contribution in [3.63, 3.8) is 0 Å². The van der Waals surface area contributed by atoms with Crippen molar-refractivity contribution in [1.82, 2.24) is 5.43 Å². The molecule has 0 aliphatic carbocycles. The van der Waals surface area contributed by atoms with Gasteiger partial charge in [-0.2, -0.15) is 0 Å². The number of aromatic hydroxyl groups is 1. The van der Waals surface area contributed by atoms with E-state index in [0.717, 1.165) is 15.7 Å². The summed E-state index contributed by atoms with van der Waals surface area (Å²) in [5.74, 6) is 5.03. The van der Waals surface area contributed by atoms with Crippen LogP contribution in [0.4, 0.5) is 5.69 Å². The smallest absolute Gasteiger partial charge is 0.265 e. The number of carbonyl (C=O) groups is 1. The number of rotatable bonds is 4. The van der Waals surface area contributed by atoms with E-state index in [1.807, 2.05) is 30.1 Å². The molecule has 110 valence electrons. The second kappa shape index (κ2) is 6.60. The number of amides is 1. The van der Waals surface area contributed by atoms with Crippen molar-refractivity contribution in [3.05, 3.63) is 58.1 Å². The van der Waals surface area contributed by atoms with Crippen molar-refractivity contribution in [1.29, 1.82) is 0 Å². The molecule has 1 amide bonds. The number of nitrogens with two attached hydrogens (primary N) is 1. The van der Waals surface area contributed by atoms with E-state index < -0.39 is 0 Å². The number of hydrogen-bond donors (Lipinski definition) is 3. The number of anilines is 1. The van der Waals surface area contributed by atoms with E-state index in [1.54, 1.807) is 24.3 Å². The predicted octanol–water partition coefficient (Wildman–Crippen LogP) is 2.39. The first-order valence-electron chi connectivity index (χ1n) is 6.31. The lowest BCUT2D eigenvalue weighted by Gasteiger charge is -2.20. The number of benzene rings is 2. The van der Waals surface area contributed by atoms with Crippen LogP contribution in [-0.4, -0.2) is 18.1 Å². The molecule has 0 spiro atoms. The van der Waals surface area contributed by atoms with Crippen molar-refractivity contribution in [3.8, 4) is 5.75 Å². The molecule has 2 aromatic carbocycles. The summed E-state index contributed by atoms with van der Waals surface area (Å²) in [6.45, 7) is 0.663. The number of nitrogens with one attached hydrogen (secondary N) is 1. The fourth-order valence-electron chi connectivity index (χ4n) is 1.95. The quantitative estimate of drug-likeness (QED) is 0.450. The van der Waals surface area contributed by atoms with Gasteiger partial charge in [0, 0.05) is 29.3 Å². The van der Waals surface area contributed by atoms with E-state index >= 15 is 0 Å². The highest BCUT2D eigenvalue weighted by Crippen LogP contribution is 2.23. The molecule has 0 saturated carbocycles. The normalized spacial score (nSPS) is 10.2. The van der Waals surface area contributed by atoms with E-state index in [0.29, 0.717) is 12.1 Å². The highest BCUT2D eigenvalue weighted by Gasteiger charge is 2.09. The Labute approximate surface area is 131 Å². The Hall–Kier alpha value is -2.05. The highest BCUT2D eigenvalue weighted by atomic mass is 79.9. The van der Waals surface area contributed by atoms with Gasteiger partial charge in [0.15, 0.2) is 0 Å². The molecule has 0 radical (unpaired) electrons. The maximum atomic E-state index is 11.5. The molecule has 0 unspecified atom stereocenters. The number of halogens is 1. The lowest BCUT2D eigenvalue weighted by molar-refractivity contribution is 0.0953. The SMILES string of the molecule is CN(Cc1ccc(C(=O)NN)cc1Br)c1ccc(O)cc1. The third kappa shape index (κ3) is 3.74. The first-order valence-corrected chi connectivity index (χ1v) is 7.10. The number of nitrogens with zero attached hydrogens (tertiary/aromatic N) is 1. The molecule has 0 aromatic heterocycles. The van der Waals surface area contributed by atoms with Crippen LogP contribution < -0.4 is 16.2 Å². The second-order valence-corrected chi connectivity index (χ2v) is 5.51. The molecule has 0 saturated heterocycles. The maximum absolute atomic E-state index is 11.5. The zero-order valence-electron chi connectivity index (χ0n) is 11.5. The third-order valence-corrected chi connectivity index (χ3v) is 3.88. The van der Waals surface area contributed by atoms with Crippen LogP contribution in [0.5, 0.6) is 5.75 Å². The Balaban J connectivity index is 2.15. The zero-order valence-corrected chi connectivity index (χ0v) is 13.1. The summed E-state index contributed by atoms with van der Waals surface area (Å²) < 4.78 is 0.842. The molecule has 4 N–H and O–H groups in total. The van der Waals surface area contributed by atoms with E-state index in [1.165, 1.54) is 0 Å². The third-order valence-electron chi connectivity index (χ3n) is 3.14. The number of carbonyl (C=O) groups excluding carboxylic acids is 1. The van der Waals surface area contributed by atoms with Gasteiger partial charge in [-0.05, 0) is 42.0 Å². The molecule has 2 rings (SSSR count). The molecule has 0 bridgehead atoms. The van der Waals surface area contributed by atoms with Crippen LogP contribution in [0.2, 0.25) is 0 Å². The van der Waals surface area contributed by atoms with Gasteiger partial charge in [-0.3, -0.25) is 10.2 Å². The number of hydrogen-bond acceptors (Lipinski definition) is 4. The summed E-state index contributed by atoms with van der Waals surface area (Å²) in [6.07, 6.45) is 0. The summed E-state index contributed by atoms with van der Waals surface area (Å²) in [5.41, 5.74) is 4.64. The molecule has 0 atom stereocenters. The molecular formula is C15H16BrN3O2. The summed E-state index contributed by atoms with van der Waals surface area (Å²) in [6, 6.07) is 12.3. The van der Waals surface area contributed by atoms with Gasteiger partial charge in [0.1, 0.15) is 5.75 Å². The average molecular weight is 350 g/mol. The van der Waals surface area contributed by atoms with Gasteiger partial charge < -0.3 is 10.0 Å². The van der Waals surface area contributed by atoms with Crippen molar-refractivity contribution < 1.29 is 9.90 Å². The molecule has 0 aliphatic rings. The topological polar surface area (TPSA) is 78.6 Å². The predicted molar refractivity (Wildman–Crippen MR) is 86.0 cm³/mol. The van der Waals surface area contributed by atoms with Crippen molar-refractivity contribution in [2.75, 3.05) is 11.9 Å².